The monoisotopic (exact) mass is 338 g/mol. The molecule has 0 aliphatic heterocycles. The maximum atomic E-state index is 12.0. The van der Waals surface area contributed by atoms with Gasteiger partial charge in [0.1, 0.15) is 4.90 Å². The number of aliphatic carboxylic acids is 1. The number of hydrogen-bond donors (Lipinski definition) is 3. The van der Waals surface area contributed by atoms with Crippen LogP contribution in [-0.4, -0.2) is 41.7 Å². The van der Waals surface area contributed by atoms with E-state index in [0.717, 1.165) is 25.1 Å². The third-order valence-electron chi connectivity index (χ3n) is 2.48. The molecule has 0 heterocycles. The third kappa shape index (κ3) is 4.11. The zero-order valence-corrected chi connectivity index (χ0v) is 12.2. The van der Waals surface area contributed by atoms with Crippen molar-refractivity contribution in [2.75, 3.05) is 6.54 Å². The Hall–Kier alpha value is -1.75. The summed E-state index contributed by atoms with van der Waals surface area (Å²) in [6.07, 6.45) is 0. The molecule has 0 saturated carbocycles. The number of hydrogen-bond acceptors (Lipinski definition) is 6. The highest BCUT2D eigenvalue weighted by molar-refractivity contribution is 7.89. The molecule has 0 aliphatic carbocycles. The van der Waals surface area contributed by atoms with Crippen molar-refractivity contribution in [2.24, 2.45) is 0 Å². The first kappa shape index (κ1) is 17.3. The summed E-state index contributed by atoms with van der Waals surface area (Å²) < 4.78 is 25.8. The second-order valence-electron chi connectivity index (χ2n) is 4.28. The number of non-ortho nitro benzene ring substituents is 1. The second-order valence-corrected chi connectivity index (χ2v) is 6.42. The van der Waals surface area contributed by atoms with Gasteiger partial charge in [-0.1, -0.05) is 11.6 Å². The Balaban J connectivity index is 3.11. The fraction of sp³-hybridized carbons (Fsp3) is 0.300. The minimum atomic E-state index is -4.32. The van der Waals surface area contributed by atoms with Gasteiger partial charge in [-0.15, -0.1) is 0 Å². The number of carboxylic acids is 1. The molecule has 0 aromatic heterocycles. The average molecular weight is 339 g/mol. The molecule has 0 bridgehead atoms. The van der Waals surface area contributed by atoms with Crippen LogP contribution in [0.2, 0.25) is 5.02 Å². The minimum Gasteiger partial charge on any atom is -0.479 e. The average Bonchev–Trinajstić information content (AvgIpc) is 2.36. The van der Waals surface area contributed by atoms with Crippen LogP contribution in [0.3, 0.4) is 0 Å². The van der Waals surface area contributed by atoms with Gasteiger partial charge < -0.3 is 10.2 Å². The van der Waals surface area contributed by atoms with E-state index in [1.807, 2.05) is 4.72 Å². The number of nitro benzene ring substituents is 1. The first-order chi connectivity index (χ1) is 9.47. The molecule has 11 heteroatoms. The summed E-state index contributed by atoms with van der Waals surface area (Å²) in [5.74, 6) is -1.63. The Labute approximate surface area is 124 Å². The van der Waals surface area contributed by atoms with Gasteiger partial charge in [0.15, 0.2) is 5.60 Å². The Bertz CT molecular complexity index is 687. The van der Waals surface area contributed by atoms with Crippen LogP contribution in [0.15, 0.2) is 23.1 Å². The number of aliphatic hydroxyl groups is 1. The standard InChI is InChI=1S/C10H11ClN2O7S/c1-10(16,9(14)15)5-12-21(19,20)8-4-6(13(17)18)2-3-7(8)11/h2-4,12,16H,5H2,1H3,(H,14,15). The van der Waals surface area contributed by atoms with E-state index in [-0.39, 0.29) is 5.02 Å². The molecule has 0 fully saturated rings. The number of sulfonamides is 1. The Morgan fingerprint density at radius 3 is 2.57 bits per heavy atom. The van der Waals surface area contributed by atoms with Crippen LogP contribution in [-0.2, 0) is 14.8 Å². The van der Waals surface area contributed by atoms with Crippen molar-refractivity contribution >= 4 is 33.3 Å². The Kier molecular flexibility index (Phi) is 4.89. The SMILES string of the molecule is CC(O)(CNS(=O)(=O)c1cc([N+](=O)[O-])ccc1Cl)C(=O)O. The summed E-state index contributed by atoms with van der Waals surface area (Å²) in [7, 11) is -4.32. The number of carboxylic acid groups (broad SMARTS) is 1. The summed E-state index contributed by atoms with van der Waals surface area (Å²) in [4.78, 5) is 19.9. The van der Waals surface area contributed by atoms with Gasteiger partial charge in [-0.05, 0) is 13.0 Å². The minimum absolute atomic E-state index is 0.275. The highest BCUT2D eigenvalue weighted by atomic mass is 35.5. The molecule has 116 valence electrons. The number of nitrogens with zero attached hydrogens (tertiary/aromatic N) is 1. The lowest BCUT2D eigenvalue weighted by atomic mass is 10.1. The van der Waals surface area contributed by atoms with E-state index in [1.165, 1.54) is 0 Å². The zero-order chi connectivity index (χ0) is 16.4. The molecular weight excluding hydrogens is 328 g/mol. The number of nitrogens with one attached hydrogen (secondary N) is 1. The van der Waals surface area contributed by atoms with E-state index < -0.39 is 43.6 Å². The quantitative estimate of drug-likeness (QED) is 0.501. The van der Waals surface area contributed by atoms with Crippen molar-refractivity contribution in [3.8, 4) is 0 Å². The number of benzene rings is 1. The molecule has 1 rings (SSSR count). The molecule has 0 amide bonds. The molecule has 3 N–H and O–H groups in total. The van der Waals surface area contributed by atoms with Crippen molar-refractivity contribution in [3.05, 3.63) is 33.3 Å². The first-order valence-electron chi connectivity index (χ1n) is 5.37. The van der Waals surface area contributed by atoms with E-state index in [1.54, 1.807) is 0 Å². The summed E-state index contributed by atoms with van der Waals surface area (Å²) in [6, 6.07) is 2.79. The van der Waals surface area contributed by atoms with Crippen molar-refractivity contribution in [1.82, 2.24) is 4.72 Å². The molecule has 9 nitrogen and oxygen atoms in total. The molecule has 1 unspecified atom stereocenters. The van der Waals surface area contributed by atoms with Gasteiger partial charge in [-0.2, -0.15) is 0 Å². The summed E-state index contributed by atoms with van der Waals surface area (Å²) in [5.41, 5.74) is -2.83. The van der Waals surface area contributed by atoms with E-state index in [4.69, 9.17) is 16.7 Å². The predicted molar refractivity (Wildman–Crippen MR) is 71.6 cm³/mol. The molecule has 1 aromatic rings. The van der Waals surface area contributed by atoms with Gasteiger partial charge in [0.2, 0.25) is 10.0 Å². The van der Waals surface area contributed by atoms with Crippen LogP contribution in [0.5, 0.6) is 0 Å². The van der Waals surface area contributed by atoms with Crippen LogP contribution in [0, 0.1) is 10.1 Å². The lowest BCUT2D eigenvalue weighted by Crippen LogP contribution is -2.46. The molecule has 21 heavy (non-hydrogen) atoms. The van der Waals surface area contributed by atoms with Gasteiger partial charge in [-0.3, -0.25) is 10.1 Å². The van der Waals surface area contributed by atoms with Gasteiger partial charge in [-0.25, -0.2) is 17.9 Å². The number of halogens is 1. The van der Waals surface area contributed by atoms with Crippen molar-refractivity contribution in [3.63, 3.8) is 0 Å². The zero-order valence-electron chi connectivity index (χ0n) is 10.6. The molecule has 0 radical (unpaired) electrons. The van der Waals surface area contributed by atoms with Crippen LogP contribution in [0.1, 0.15) is 6.92 Å². The van der Waals surface area contributed by atoms with Crippen LogP contribution in [0.4, 0.5) is 5.69 Å². The highest BCUT2D eigenvalue weighted by Gasteiger charge is 2.32. The lowest BCUT2D eigenvalue weighted by Gasteiger charge is -2.18. The molecule has 0 saturated heterocycles. The fourth-order valence-electron chi connectivity index (χ4n) is 1.20. The Morgan fingerprint density at radius 1 is 1.52 bits per heavy atom. The van der Waals surface area contributed by atoms with Gasteiger partial charge in [0, 0.05) is 12.1 Å². The van der Waals surface area contributed by atoms with E-state index in [0.29, 0.717) is 0 Å². The van der Waals surface area contributed by atoms with Gasteiger partial charge in [0.05, 0.1) is 16.5 Å². The molecule has 0 aliphatic rings. The third-order valence-corrected chi connectivity index (χ3v) is 4.37. The van der Waals surface area contributed by atoms with E-state index in [9.17, 15) is 28.4 Å². The Morgan fingerprint density at radius 2 is 2.10 bits per heavy atom. The fourth-order valence-corrected chi connectivity index (χ4v) is 2.85. The summed E-state index contributed by atoms with van der Waals surface area (Å²) >= 11 is 5.68. The van der Waals surface area contributed by atoms with E-state index in [2.05, 4.69) is 0 Å². The van der Waals surface area contributed by atoms with Crippen molar-refractivity contribution in [2.45, 2.75) is 17.4 Å². The molecule has 0 spiro atoms. The van der Waals surface area contributed by atoms with Crippen molar-refractivity contribution in [1.29, 1.82) is 0 Å². The summed E-state index contributed by atoms with van der Waals surface area (Å²) in [6.45, 7) is 0.0661. The number of rotatable bonds is 6. The first-order valence-corrected chi connectivity index (χ1v) is 7.23. The van der Waals surface area contributed by atoms with Gasteiger partial charge in [0.25, 0.3) is 5.69 Å². The summed E-state index contributed by atoms with van der Waals surface area (Å²) in [5, 5.41) is 28.5. The smallest absolute Gasteiger partial charge is 0.336 e. The maximum absolute atomic E-state index is 12.0. The molecule has 1 aromatic carbocycles. The number of nitro groups is 1. The van der Waals surface area contributed by atoms with Gasteiger partial charge >= 0.3 is 5.97 Å². The molecular formula is C10H11ClN2O7S. The van der Waals surface area contributed by atoms with Crippen LogP contribution >= 0.6 is 11.6 Å². The topological polar surface area (TPSA) is 147 Å². The van der Waals surface area contributed by atoms with Crippen LogP contribution in [0.25, 0.3) is 0 Å². The highest BCUT2D eigenvalue weighted by Crippen LogP contribution is 2.26. The molecule has 1 atom stereocenters. The normalized spacial score (nSPS) is 14.4. The maximum Gasteiger partial charge on any atom is 0.336 e. The van der Waals surface area contributed by atoms with Crippen LogP contribution < -0.4 is 4.72 Å². The largest absolute Gasteiger partial charge is 0.479 e. The van der Waals surface area contributed by atoms with Crippen molar-refractivity contribution < 1.29 is 28.3 Å². The van der Waals surface area contributed by atoms with E-state index >= 15 is 0 Å². The predicted octanol–water partition coefficient (Wildman–Crippen LogP) is 0.362. The number of carbonyl (C=O) groups is 1. The lowest BCUT2D eigenvalue weighted by molar-refractivity contribution is -0.385. The second kappa shape index (κ2) is 5.93.